The van der Waals surface area contributed by atoms with E-state index in [4.69, 9.17) is 4.74 Å². The van der Waals surface area contributed by atoms with Crippen molar-refractivity contribution in [1.82, 2.24) is 19.7 Å². The smallest absolute Gasteiger partial charge is 0.276 e. The molecule has 0 radical (unpaired) electrons. The summed E-state index contributed by atoms with van der Waals surface area (Å²) in [5.74, 6) is -0.442. The second-order valence-electron chi connectivity index (χ2n) is 9.16. The number of carbonyl (C=O) groups excluding carboxylic acids is 2. The molecule has 2 amide bonds. The molecule has 1 atom stereocenters. The van der Waals surface area contributed by atoms with Crippen LogP contribution in [-0.2, 0) is 16.9 Å². The summed E-state index contributed by atoms with van der Waals surface area (Å²) in [6.45, 7) is 7.08. The van der Waals surface area contributed by atoms with E-state index in [0.29, 0.717) is 39.9 Å². The number of nitrogens with one attached hydrogen (secondary N) is 1. The monoisotopic (exact) mass is 471 g/mol. The number of anilines is 1. The van der Waals surface area contributed by atoms with Crippen molar-refractivity contribution in [3.05, 3.63) is 41.1 Å². The van der Waals surface area contributed by atoms with Crippen LogP contribution in [0.2, 0.25) is 0 Å². The molecule has 33 heavy (non-hydrogen) atoms. The number of aliphatic hydroxyl groups excluding tert-OH is 1. The van der Waals surface area contributed by atoms with Gasteiger partial charge in [0.1, 0.15) is 4.70 Å². The van der Waals surface area contributed by atoms with E-state index in [2.05, 4.69) is 15.4 Å². The fourth-order valence-corrected chi connectivity index (χ4v) is 4.92. The first-order chi connectivity index (χ1) is 15.7. The lowest BCUT2D eigenvalue weighted by Gasteiger charge is -2.23. The molecule has 4 rings (SSSR count). The van der Waals surface area contributed by atoms with Gasteiger partial charge in [0.15, 0.2) is 16.5 Å². The number of carbonyl (C=O) groups is 2. The molecule has 1 aromatic carbocycles. The van der Waals surface area contributed by atoms with Crippen LogP contribution in [-0.4, -0.2) is 62.9 Å². The Labute approximate surface area is 196 Å². The Morgan fingerprint density at radius 2 is 2.00 bits per heavy atom. The molecule has 10 heteroatoms. The fraction of sp³-hybridized carbons (Fsp3) is 0.478. The van der Waals surface area contributed by atoms with Crippen LogP contribution in [0, 0.1) is 0 Å². The highest BCUT2D eigenvalue weighted by Crippen LogP contribution is 2.34. The molecule has 1 saturated heterocycles. The molecule has 0 saturated carbocycles. The number of thiazole rings is 1. The zero-order valence-electron chi connectivity index (χ0n) is 19.3. The maximum absolute atomic E-state index is 13.5. The molecule has 9 nitrogen and oxygen atoms in total. The van der Waals surface area contributed by atoms with Crippen molar-refractivity contribution in [1.29, 1.82) is 0 Å². The summed E-state index contributed by atoms with van der Waals surface area (Å²) in [5.41, 5.74) is 1.72. The molecular formula is C23H29N5O4S. The lowest BCUT2D eigenvalue weighted by atomic mass is 10.1. The van der Waals surface area contributed by atoms with E-state index >= 15 is 0 Å². The summed E-state index contributed by atoms with van der Waals surface area (Å²) in [6, 6.07) is 6.75. The summed E-state index contributed by atoms with van der Waals surface area (Å²) in [6.07, 6.45) is 1.84. The van der Waals surface area contributed by atoms with Gasteiger partial charge in [-0.05, 0) is 51.3 Å². The summed E-state index contributed by atoms with van der Waals surface area (Å²) in [7, 11) is 1.64. The summed E-state index contributed by atoms with van der Waals surface area (Å²) < 4.78 is 7.71. The molecule has 0 spiro atoms. The van der Waals surface area contributed by atoms with Crippen molar-refractivity contribution in [2.75, 3.05) is 25.6 Å². The van der Waals surface area contributed by atoms with E-state index in [0.717, 1.165) is 18.4 Å². The van der Waals surface area contributed by atoms with E-state index in [-0.39, 0.29) is 24.5 Å². The van der Waals surface area contributed by atoms with Crippen LogP contribution < -0.4 is 5.32 Å². The maximum Gasteiger partial charge on any atom is 0.276 e. The number of benzene rings is 1. The number of nitrogens with zero attached hydrogens (tertiary/aromatic N) is 4. The third kappa shape index (κ3) is 4.64. The molecule has 1 aliphatic rings. The highest BCUT2D eigenvalue weighted by Gasteiger charge is 2.34. The zero-order valence-corrected chi connectivity index (χ0v) is 20.1. The van der Waals surface area contributed by atoms with Crippen molar-refractivity contribution in [3.8, 4) is 0 Å². The molecule has 1 fully saturated rings. The second kappa shape index (κ2) is 9.20. The summed E-state index contributed by atoms with van der Waals surface area (Å²) in [5, 5.41) is 17.1. The molecule has 2 N–H and O–H groups in total. The van der Waals surface area contributed by atoms with E-state index < -0.39 is 5.54 Å². The Balaban J connectivity index is 1.67. The number of amides is 2. The number of aliphatic hydroxyl groups is 1. The van der Waals surface area contributed by atoms with Crippen LogP contribution in [0.1, 0.15) is 60.0 Å². The van der Waals surface area contributed by atoms with Gasteiger partial charge in [-0.15, -0.1) is 0 Å². The zero-order chi connectivity index (χ0) is 23.8. The normalized spacial score (nSPS) is 16.5. The first-order valence-electron chi connectivity index (χ1n) is 10.9. The van der Waals surface area contributed by atoms with Gasteiger partial charge in [0.25, 0.3) is 11.8 Å². The predicted molar refractivity (Wildman–Crippen MR) is 127 cm³/mol. The fourth-order valence-electron chi connectivity index (χ4n) is 4.00. The van der Waals surface area contributed by atoms with Gasteiger partial charge in [0, 0.05) is 19.2 Å². The van der Waals surface area contributed by atoms with Crippen LogP contribution in [0.25, 0.3) is 10.3 Å². The predicted octanol–water partition coefficient (Wildman–Crippen LogP) is 3.24. The van der Waals surface area contributed by atoms with Gasteiger partial charge in [-0.3, -0.25) is 14.9 Å². The Kier molecular flexibility index (Phi) is 6.51. The molecule has 3 heterocycles. The minimum Gasteiger partial charge on any atom is -0.392 e. The number of aromatic nitrogens is 3. The summed E-state index contributed by atoms with van der Waals surface area (Å²) >= 11 is 1.25. The van der Waals surface area contributed by atoms with Crippen LogP contribution in [0.5, 0.6) is 0 Å². The van der Waals surface area contributed by atoms with Gasteiger partial charge in [-0.25, -0.2) is 4.68 Å². The van der Waals surface area contributed by atoms with Gasteiger partial charge < -0.3 is 14.7 Å². The Hall–Kier alpha value is -2.82. The lowest BCUT2D eigenvalue weighted by Crippen LogP contribution is -2.38. The number of ether oxygens (including phenoxy) is 1. The van der Waals surface area contributed by atoms with Gasteiger partial charge in [0.2, 0.25) is 0 Å². The number of hydrogen-bond acceptors (Lipinski definition) is 7. The van der Waals surface area contributed by atoms with Crippen LogP contribution >= 0.6 is 11.3 Å². The standard InChI is InChI=1S/C23H29N5O4S/c1-23(2,3)28-19-18(17(26-28)21(31)27-11-5-6-16(27)13-32-4)33-22(24-19)25-20(30)15-9-7-14(12-29)8-10-15/h7-10,16,29H,5-6,11-13H2,1-4H3,(H,24,25,30)/t16-/m0/s1. The van der Waals surface area contributed by atoms with Gasteiger partial charge in [0.05, 0.1) is 24.8 Å². The van der Waals surface area contributed by atoms with Crippen molar-refractivity contribution in [3.63, 3.8) is 0 Å². The Morgan fingerprint density at radius 1 is 1.27 bits per heavy atom. The first kappa shape index (κ1) is 23.3. The minimum absolute atomic E-state index is 0.0336. The number of hydrogen-bond donors (Lipinski definition) is 2. The molecule has 0 unspecified atom stereocenters. The molecule has 3 aromatic rings. The number of methoxy groups -OCH3 is 1. The third-order valence-electron chi connectivity index (χ3n) is 5.68. The third-order valence-corrected chi connectivity index (χ3v) is 6.65. The first-order valence-corrected chi connectivity index (χ1v) is 11.8. The SMILES string of the molecule is COC[C@@H]1CCCN1C(=O)c1nn(C(C)(C)C)c2nc(NC(=O)c3ccc(CO)cc3)sc12. The summed E-state index contributed by atoms with van der Waals surface area (Å²) in [4.78, 5) is 32.6. The van der Waals surface area contributed by atoms with Crippen molar-refractivity contribution >= 4 is 38.6 Å². The van der Waals surface area contributed by atoms with Crippen LogP contribution in [0.3, 0.4) is 0 Å². The van der Waals surface area contributed by atoms with Gasteiger partial charge >= 0.3 is 0 Å². The van der Waals surface area contributed by atoms with E-state index in [1.54, 1.807) is 36.1 Å². The lowest BCUT2D eigenvalue weighted by molar-refractivity contribution is 0.0625. The highest BCUT2D eigenvalue weighted by atomic mass is 32.1. The van der Waals surface area contributed by atoms with Crippen molar-refractivity contribution < 1.29 is 19.4 Å². The topological polar surface area (TPSA) is 110 Å². The number of likely N-dealkylation sites (tertiary alicyclic amines) is 1. The minimum atomic E-state index is -0.400. The van der Waals surface area contributed by atoms with Crippen molar-refractivity contribution in [2.24, 2.45) is 0 Å². The highest BCUT2D eigenvalue weighted by molar-refractivity contribution is 7.22. The maximum atomic E-state index is 13.5. The molecule has 176 valence electrons. The van der Waals surface area contributed by atoms with E-state index in [1.165, 1.54) is 11.3 Å². The Morgan fingerprint density at radius 3 is 2.64 bits per heavy atom. The molecule has 0 aliphatic carbocycles. The van der Waals surface area contributed by atoms with Crippen LogP contribution in [0.4, 0.5) is 5.13 Å². The van der Waals surface area contributed by atoms with Gasteiger partial charge in [-0.2, -0.15) is 10.1 Å². The molecule has 0 bridgehead atoms. The van der Waals surface area contributed by atoms with E-state index in [9.17, 15) is 14.7 Å². The average Bonchev–Trinajstić information content (AvgIpc) is 3.48. The van der Waals surface area contributed by atoms with E-state index in [1.807, 2.05) is 25.7 Å². The van der Waals surface area contributed by atoms with Crippen molar-refractivity contribution in [2.45, 2.75) is 51.8 Å². The largest absolute Gasteiger partial charge is 0.392 e. The van der Waals surface area contributed by atoms with Gasteiger partial charge in [-0.1, -0.05) is 23.5 Å². The average molecular weight is 472 g/mol. The molecular weight excluding hydrogens is 442 g/mol. The van der Waals surface area contributed by atoms with Crippen LogP contribution in [0.15, 0.2) is 24.3 Å². The quantitative estimate of drug-likeness (QED) is 0.571. The molecule has 1 aliphatic heterocycles. The number of fused-ring (bicyclic) bond motifs is 1. The second-order valence-corrected chi connectivity index (χ2v) is 10.2. The Bertz CT molecular complexity index is 1160. The number of rotatable bonds is 6. The molecule has 2 aromatic heterocycles.